The molecule has 0 spiro atoms. The fourth-order valence-corrected chi connectivity index (χ4v) is 2.46. The molecule has 0 heterocycles. The minimum atomic E-state index is -0.0463. The third-order valence-corrected chi connectivity index (χ3v) is 4.19. The Kier molecular flexibility index (Phi) is 4.45. The lowest BCUT2D eigenvalue weighted by Gasteiger charge is -2.47. The fraction of sp³-hybridized carbons (Fsp3) is 0.438. The number of amides is 1. The predicted molar refractivity (Wildman–Crippen MR) is 83.2 cm³/mol. The first-order valence-corrected chi connectivity index (χ1v) is 7.01. The first kappa shape index (κ1) is 14.6. The first-order chi connectivity index (χ1) is 9.52. The normalized spacial score (nSPS) is 17.1. The van der Waals surface area contributed by atoms with Crippen LogP contribution >= 0.6 is 0 Å². The van der Waals surface area contributed by atoms with Crippen molar-refractivity contribution in [2.75, 3.05) is 26.4 Å². The zero-order valence-corrected chi connectivity index (χ0v) is 12.2. The molecule has 1 fully saturated rings. The SMILES string of the molecule is CN(C)C1(CNC(=O)/C=C/c2ccc(N)cc2)CCC1. The van der Waals surface area contributed by atoms with Crippen LogP contribution in [0.1, 0.15) is 24.8 Å². The standard InChI is InChI=1S/C16H23N3O/c1-19(2)16(10-3-11-16)12-18-15(20)9-6-13-4-7-14(17)8-5-13/h4-9H,3,10-12,17H2,1-2H3,(H,18,20)/b9-6+. The van der Waals surface area contributed by atoms with E-state index < -0.39 is 0 Å². The predicted octanol–water partition coefficient (Wildman–Crippen LogP) is 1.88. The van der Waals surface area contributed by atoms with Gasteiger partial charge in [0.2, 0.25) is 5.91 Å². The van der Waals surface area contributed by atoms with Gasteiger partial charge in [-0.1, -0.05) is 12.1 Å². The number of nitrogens with one attached hydrogen (secondary N) is 1. The maximum atomic E-state index is 11.9. The summed E-state index contributed by atoms with van der Waals surface area (Å²) in [5.74, 6) is -0.0463. The van der Waals surface area contributed by atoms with Crippen LogP contribution in [-0.4, -0.2) is 37.0 Å². The number of benzene rings is 1. The number of hydrogen-bond donors (Lipinski definition) is 2. The Balaban J connectivity index is 1.85. The molecular weight excluding hydrogens is 250 g/mol. The molecule has 0 aliphatic heterocycles. The van der Waals surface area contributed by atoms with Crippen LogP contribution in [0.3, 0.4) is 0 Å². The highest BCUT2D eigenvalue weighted by molar-refractivity contribution is 5.91. The van der Waals surface area contributed by atoms with Gasteiger partial charge >= 0.3 is 0 Å². The Labute approximate surface area is 120 Å². The zero-order chi connectivity index (χ0) is 14.6. The Morgan fingerprint density at radius 1 is 1.35 bits per heavy atom. The van der Waals surface area contributed by atoms with Gasteiger partial charge in [-0.25, -0.2) is 0 Å². The summed E-state index contributed by atoms with van der Waals surface area (Å²) in [7, 11) is 4.16. The quantitative estimate of drug-likeness (QED) is 0.636. The topological polar surface area (TPSA) is 58.4 Å². The van der Waals surface area contributed by atoms with Crippen molar-refractivity contribution in [1.29, 1.82) is 0 Å². The van der Waals surface area contributed by atoms with E-state index in [-0.39, 0.29) is 11.4 Å². The van der Waals surface area contributed by atoms with Crippen LogP contribution in [0.4, 0.5) is 5.69 Å². The largest absolute Gasteiger partial charge is 0.399 e. The molecule has 0 saturated heterocycles. The first-order valence-electron chi connectivity index (χ1n) is 7.01. The maximum Gasteiger partial charge on any atom is 0.244 e. The number of hydrogen-bond acceptors (Lipinski definition) is 3. The van der Waals surface area contributed by atoms with E-state index in [1.54, 1.807) is 12.2 Å². The van der Waals surface area contributed by atoms with Gasteiger partial charge in [-0.05, 0) is 57.1 Å². The Hall–Kier alpha value is -1.81. The molecule has 1 aromatic rings. The van der Waals surface area contributed by atoms with Gasteiger partial charge in [0.1, 0.15) is 0 Å². The molecule has 2 rings (SSSR count). The second kappa shape index (κ2) is 6.09. The van der Waals surface area contributed by atoms with E-state index in [4.69, 9.17) is 5.73 Å². The molecule has 0 bridgehead atoms. The number of nitrogens with zero attached hydrogens (tertiary/aromatic N) is 1. The van der Waals surface area contributed by atoms with Gasteiger partial charge in [0.15, 0.2) is 0 Å². The highest BCUT2D eigenvalue weighted by Crippen LogP contribution is 2.35. The number of nitrogens with two attached hydrogens (primary N) is 1. The van der Waals surface area contributed by atoms with Crippen molar-refractivity contribution in [2.24, 2.45) is 0 Å². The lowest BCUT2D eigenvalue weighted by atomic mass is 9.75. The van der Waals surface area contributed by atoms with Crippen LogP contribution < -0.4 is 11.1 Å². The van der Waals surface area contributed by atoms with Gasteiger partial charge in [-0.3, -0.25) is 4.79 Å². The van der Waals surface area contributed by atoms with Gasteiger partial charge in [-0.15, -0.1) is 0 Å². The van der Waals surface area contributed by atoms with Gasteiger partial charge < -0.3 is 16.0 Å². The number of rotatable bonds is 5. The number of anilines is 1. The number of carbonyl (C=O) groups is 1. The van der Waals surface area contributed by atoms with Crippen LogP contribution in [0, 0.1) is 0 Å². The summed E-state index contributed by atoms with van der Waals surface area (Å²) < 4.78 is 0. The molecule has 4 nitrogen and oxygen atoms in total. The summed E-state index contributed by atoms with van der Waals surface area (Å²) in [5, 5.41) is 3.00. The molecule has 1 amide bonds. The molecule has 1 saturated carbocycles. The third-order valence-electron chi connectivity index (χ3n) is 4.19. The second-order valence-electron chi connectivity index (χ2n) is 5.69. The second-order valence-corrected chi connectivity index (χ2v) is 5.69. The molecule has 20 heavy (non-hydrogen) atoms. The average Bonchev–Trinajstić information content (AvgIpc) is 2.36. The Bertz CT molecular complexity index is 487. The highest BCUT2D eigenvalue weighted by Gasteiger charge is 2.38. The molecular formula is C16H23N3O. The van der Waals surface area contributed by atoms with Crippen molar-refractivity contribution >= 4 is 17.7 Å². The monoisotopic (exact) mass is 273 g/mol. The van der Waals surface area contributed by atoms with Gasteiger partial charge in [-0.2, -0.15) is 0 Å². The van der Waals surface area contributed by atoms with E-state index in [2.05, 4.69) is 24.3 Å². The Morgan fingerprint density at radius 3 is 2.50 bits per heavy atom. The molecule has 1 aliphatic rings. The smallest absolute Gasteiger partial charge is 0.244 e. The van der Waals surface area contributed by atoms with E-state index >= 15 is 0 Å². The van der Waals surface area contributed by atoms with Crippen molar-refractivity contribution in [3.63, 3.8) is 0 Å². The molecule has 3 N–H and O–H groups in total. The van der Waals surface area contributed by atoms with E-state index in [0.29, 0.717) is 6.54 Å². The minimum Gasteiger partial charge on any atom is -0.399 e. The molecule has 0 radical (unpaired) electrons. The molecule has 4 heteroatoms. The van der Waals surface area contributed by atoms with Crippen LogP contribution in [0.5, 0.6) is 0 Å². The Morgan fingerprint density at radius 2 is 2.00 bits per heavy atom. The van der Waals surface area contributed by atoms with E-state index in [1.165, 1.54) is 6.42 Å². The molecule has 1 aliphatic carbocycles. The van der Waals surface area contributed by atoms with Crippen molar-refractivity contribution in [1.82, 2.24) is 10.2 Å². The van der Waals surface area contributed by atoms with Crippen LogP contribution in [0.2, 0.25) is 0 Å². The molecule has 0 unspecified atom stereocenters. The molecule has 1 aromatic carbocycles. The number of nitrogen functional groups attached to an aromatic ring is 1. The molecule has 0 atom stereocenters. The molecule has 108 valence electrons. The summed E-state index contributed by atoms with van der Waals surface area (Å²) in [6.07, 6.45) is 6.94. The minimum absolute atomic E-state index is 0.0463. The van der Waals surface area contributed by atoms with Crippen molar-refractivity contribution in [3.8, 4) is 0 Å². The lowest BCUT2D eigenvalue weighted by molar-refractivity contribution is -0.117. The van der Waals surface area contributed by atoms with E-state index in [9.17, 15) is 4.79 Å². The van der Waals surface area contributed by atoms with Crippen molar-refractivity contribution in [3.05, 3.63) is 35.9 Å². The van der Waals surface area contributed by atoms with E-state index in [1.807, 2.05) is 24.3 Å². The summed E-state index contributed by atoms with van der Waals surface area (Å²) in [4.78, 5) is 14.1. The van der Waals surface area contributed by atoms with Crippen molar-refractivity contribution < 1.29 is 4.79 Å². The van der Waals surface area contributed by atoms with E-state index in [0.717, 1.165) is 24.1 Å². The summed E-state index contributed by atoms with van der Waals surface area (Å²) in [6, 6.07) is 7.44. The van der Waals surface area contributed by atoms with Crippen LogP contribution in [0.25, 0.3) is 6.08 Å². The van der Waals surface area contributed by atoms with Crippen LogP contribution in [-0.2, 0) is 4.79 Å². The molecule has 0 aromatic heterocycles. The highest BCUT2D eigenvalue weighted by atomic mass is 16.1. The van der Waals surface area contributed by atoms with Gasteiger partial charge in [0, 0.05) is 23.8 Å². The maximum absolute atomic E-state index is 11.9. The summed E-state index contributed by atoms with van der Waals surface area (Å²) in [5.41, 5.74) is 7.48. The summed E-state index contributed by atoms with van der Waals surface area (Å²) >= 11 is 0. The third kappa shape index (κ3) is 3.39. The zero-order valence-electron chi connectivity index (χ0n) is 12.2. The van der Waals surface area contributed by atoms with Crippen molar-refractivity contribution in [2.45, 2.75) is 24.8 Å². The number of carbonyl (C=O) groups excluding carboxylic acids is 1. The van der Waals surface area contributed by atoms with Gasteiger partial charge in [0.05, 0.1) is 0 Å². The summed E-state index contributed by atoms with van der Waals surface area (Å²) in [6.45, 7) is 0.713. The fourth-order valence-electron chi connectivity index (χ4n) is 2.46. The van der Waals surface area contributed by atoms with Crippen LogP contribution in [0.15, 0.2) is 30.3 Å². The van der Waals surface area contributed by atoms with Gasteiger partial charge in [0.25, 0.3) is 0 Å². The average molecular weight is 273 g/mol. The number of likely N-dealkylation sites (N-methyl/N-ethyl adjacent to an activating group) is 1. The lowest BCUT2D eigenvalue weighted by Crippen LogP contribution is -2.57.